The van der Waals surface area contributed by atoms with Gasteiger partial charge < -0.3 is 24.6 Å². The molecular weight excluding hydrogens is 394 g/mol. The Labute approximate surface area is 177 Å². The van der Waals surface area contributed by atoms with Gasteiger partial charge in [-0.15, -0.1) is 11.8 Å². The number of nitrogens with zero attached hydrogens (tertiary/aromatic N) is 1. The monoisotopic (exact) mass is 427 g/mol. The maximum Gasteiger partial charge on any atom is 0.328 e. The van der Waals surface area contributed by atoms with E-state index in [4.69, 9.17) is 19.7 Å². The van der Waals surface area contributed by atoms with E-state index < -0.39 is 11.9 Å². The summed E-state index contributed by atoms with van der Waals surface area (Å²) in [6, 6.07) is 4.25. The van der Waals surface area contributed by atoms with Crippen molar-refractivity contribution in [2.75, 3.05) is 40.6 Å². The number of unbranched alkanes of at least 4 members (excludes halogenated alkanes) is 2. The van der Waals surface area contributed by atoms with Crippen molar-refractivity contribution < 1.29 is 29.3 Å². The number of carboxylic acid groups (broad SMARTS) is 2. The lowest BCUT2D eigenvalue weighted by molar-refractivity contribution is -0.134. The van der Waals surface area contributed by atoms with Crippen molar-refractivity contribution >= 4 is 23.7 Å². The molecule has 0 spiro atoms. The molecule has 1 aromatic rings. The highest BCUT2D eigenvalue weighted by atomic mass is 32.2. The number of hydrogen-bond donors (Lipinski definition) is 2. The summed E-state index contributed by atoms with van der Waals surface area (Å²) in [5, 5.41) is 15.6. The highest BCUT2D eigenvalue weighted by Crippen LogP contribution is 2.36. The van der Waals surface area contributed by atoms with Crippen molar-refractivity contribution in [2.45, 2.75) is 37.5 Å². The highest BCUT2D eigenvalue weighted by molar-refractivity contribution is 7.99. The lowest BCUT2D eigenvalue weighted by Gasteiger charge is -2.16. The molecule has 0 heterocycles. The number of carbonyl (C=O) groups is 2. The van der Waals surface area contributed by atoms with Crippen molar-refractivity contribution in [1.29, 1.82) is 0 Å². The summed E-state index contributed by atoms with van der Waals surface area (Å²) in [7, 11) is 7.66. The molecule has 0 aliphatic heterocycles. The lowest BCUT2D eigenvalue weighted by Crippen LogP contribution is -2.15. The zero-order valence-corrected chi connectivity index (χ0v) is 18.8. The van der Waals surface area contributed by atoms with E-state index in [2.05, 4.69) is 38.1 Å². The molecule has 29 heavy (non-hydrogen) atoms. The number of carboxylic acids is 2. The third kappa shape index (κ3) is 12.8. The summed E-state index contributed by atoms with van der Waals surface area (Å²) >= 11 is 1.86. The Morgan fingerprint density at radius 2 is 1.62 bits per heavy atom. The Hall–Kier alpha value is -2.19. The van der Waals surface area contributed by atoms with Crippen molar-refractivity contribution in [2.24, 2.45) is 0 Å². The van der Waals surface area contributed by atoms with Gasteiger partial charge in [0.15, 0.2) is 0 Å². The van der Waals surface area contributed by atoms with E-state index in [9.17, 15) is 9.59 Å². The van der Waals surface area contributed by atoms with E-state index in [-0.39, 0.29) is 0 Å². The number of rotatable bonds is 12. The second kappa shape index (κ2) is 15.7. The number of aliphatic carboxylic acids is 2. The minimum absolute atomic E-state index is 0.558. The Morgan fingerprint density at radius 1 is 1.03 bits per heavy atom. The van der Waals surface area contributed by atoms with Crippen LogP contribution in [0.2, 0.25) is 0 Å². The van der Waals surface area contributed by atoms with Crippen LogP contribution in [-0.2, 0) is 16.0 Å². The Kier molecular flexibility index (Phi) is 14.5. The van der Waals surface area contributed by atoms with Crippen molar-refractivity contribution in [3.8, 4) is 11.5 Å². The maximum absolute atomic E-state index is 9.55. The number of thioether (sulfide) groups is 1. The van der Waals surface area contributed by atoms with Gasteiger partial charge in [-0.1, -0.05) is 19.8 Å². The van der Waals surface area contributed by atoms with Crippen LogP contribution in [-0.4, -0.2) is 67.7 Å². The standard InChI is InChI=1S/C17H29NO2S.C4H4O4/c1-6-7-8-11-21-17-13-15(19-4)14(9-10-18(2)3)12-16(17)20-5;5-3(6)1-2-4(7)8/h12-13H,6-11H2,1-5H3;1-2H,(H,5,6)(H,7,8)/b;2-1+. The number of benzene rings is 1. The molecule has 0 aliphatic carbocycles. The summed E-state index contributed by atoms with van der Waals surface area (Å²) in [4.78, 5) is 22.5. The molecule has 0 radical (unpaired) electrons. The normalized spacial score (nSPS) is 10.6. The Balaban J connectivity index is 0.000000828. The summed E-state index contributed by atoms with van der Waals surface area (Å²) < 4.78 is 11.1. The fourth-order valence-corrected chi connectivity index (χ4v) is 3.31. The van der Waals surface area contributed by atoms with E-state index >= 15 is 0 Å². The molecule has 7 nitrogen and oxygen atoms in total. The van der Waals surface area contributed by atoms with Crippen LogP contribution >= 0.6 is 11.8 Å². The Bertz CT molecular complexity index is 645. The summed E-state index contributed by atoms with van der Waals surface area (Å²) in [5.74, 6) is 0.547. The molecule has 164 valence electrons. The third-order valence-electron chi connectivity index (χ3n) is 3.77. The number of likely N-dealkylation sites (N-methyl/N-ethyl adjacent to an activating group) is 1. The minimum atomic E-state index is -1.26. The minimum Gasteiger partial charge on any atom is -0.496 e. The predicted molar refractivity (Wildman–Crippen MR) is 116 cm³/mol. The molecule has 0 unspecified atom stereocenters. The second-order valence-corrected chi connectivity index (χ2v) is 7.57. The maximum atomic E-state index is 9.55. The molecule has 0 saturated heterocycles. The third-order valence-corrected chi connectivity index (χ3v) is 4.89. The SMILES string of the molecule is CCCCCSc1cc(OC)c(CCN(C)C)cc1OC.O=C(O)/C=C/C(=O)O. The number of methoxy groups -OCH3 is 2. The number of ether oxygens (including phenoxy) is 2. The van der Waals surface area contributed by atoms with Gasteiger partial charge in [-0.05, 0) is 50.4 Å². The van der Waals surface area contributed by atoms with Crippen LogP contribution in [0.1, 0.15) is 31.7 Å². The van der Waals surface area contributed by atoms with Gasteiger partial charge in [0, 0.05) is 18.7 Å². The average molecular weight is 428 g/mol. The molecule has 0 aliphatic rings. The molecular formula is C21H33NO6S. The van der Waals surface area contributed by atoms with Crippen LogP contribution in [0.5, 0.6) is 11.5 Å². The summed E-state index contributed by atoms with van der Waals surface area (Å²) in [6.07, 6.45) is 5.87. The molecule has 0 amide bonds. The molecule has 0 aromatic heterocycles. The van der Waals surface area contributed by atoms with Crippen molar-refractivity contribution in [3.05, 3.63) is 29.8 Å². The quantitative estimate of drug-likeness (QED) is 0.295. The van der Waals surface area contributed by atoms with Crippen LogP contribution in [0.25, 0.3) is 0 Å². The smallest absolute Gasteiger partial charge is 0.328 e. The first-order chi connectivity index (χ1) is 13.7. The van der Waals surface area contributed by atoms with Gasteiger partial charge >= 0.3 is 11.9 Å². The van der Waals surface area contributed by atoms with Gasteiger partial charge in [-0.25, -0.2) is 9.59 Å². The predicted octanol–water partition coefficient (Wildman–Crippen LogP) is 3.80. The fourth-order valence-electron chi connectivity index (χ4n) is 2.26. The van der Waals surface area contributed by atoms with E-state index in [1.165, 1.54) is 29.7 Å². The first-order valence-electron chi connectivity index (χ1n) is 9.41. The molecule has 1 aromatic carbocycles. The molecule has 8 heteroatoms. The zero-order chi connectivity index (χ0) is 22.2. The van der Waals surface area contributed by atoms with Crippen molar-refractivity contribution in [1.82, 2.24) is 4.90 Å². The van der Waals surface area contributed by atoms with Crippen LogP contribution in [0, 0.1) is 0 Å². The molecule has 0 saturated carbocycles. The second-order valence-electron chi connectivity index (χ2n) is 6.43. The van der Waals surface area contributed by atoms with Crippen LogP contribution in [0.3, 0.4) is 0 Å². The van der Waals surface area contributed by atoms with E-state index in [0.717, 1.165) is 30.2 Å². The van der Waals surface area contributed by atoms with Gasteiger partial charge in [0.1, 0.15) is 11.5 Å². The van der Waals surface area contributed by atoms with Crippen LogP contribution < -0.4 is 9.47 Å². The molecule has 0 bridgehead atoms. The van der Waals surface area contributed by atoms with E-state index in [1.807, 2.05) is 11.8 Å². The van der Waals surface area contributed by atoms with Gasteiger partial charge in [0.05, 0.1) is 19.1 Å². The first kappa shape index (κ1) is 26.8. The zero-order valence-electron chi connectivity index (χ0n) is 17.9. The van der Waals surface area contributed by atoms with E-state index in [0.29, 0.717) is 12.2 Å². The molecule has 0 atom stereocenters. The largest absolute Gasteiger partial charge is 0.496 e. The Morgan fingerprint density at radius 3 is 2.07 bits per heavy atom. The first-order valence-corrected chi connectivity index (χ1v) is 10.4. The van der Waals surface area contributed by atoms with Crippen LogP contribution in [0.15, 0.2) is 29.2 Å². The van der Waals surface area contributed by atoms with Gasteiger partial charge in [-0.2, -0.15) is 0 Å². The lowest BCUT2D eigenvalue weighted by atomic mass is 10.1. The van der Waals surface area contributed by atoms with Gasteiger partial charge in [-0.3, -0.25) is 0 Å². The topological polar surface area (TPSA) is 96.3 Å². The molecule has 2 N–H and O–H groups in total. The van der Waals surface area contributed by atoms with Crippen molar-refractivity contribution in [3.63, 3.8) is 0 Å². The highest BCUT2D eigenvalue weighted by Gasteiger charge is 2.12. The molecule has 0 fully saturated rings. The summed E-state index contributed by atoms with van der Waals surface area (Å²) in [6.45, 7) is 3.23. The van der Waals surface area contributed by atoms with Crippen LogP contribution in [0.4, 0.5) is 0 Å². The number of hydrogen-bond acceptors (Lipinski definition) is 6. The average Bonchev–Trinajstić information content (AvgIpc) is 2.68. The van der Waals surface area contributed by atoms with Gasteiger partial charge in [0.25, 0.3) is 0 Å². The molecule has 1 rings (SSSR count). The van der Waals surface area contributed by atoms with Gasteiger partial charge in [0.2, 0.25) is 0 Å². The summed E-state index contributed by atoms with van der Waals surface area (Å²) in [5.41, 5.74) is 1.21. The van der Waals surface area contributed by atoms with E-state index in [1.54, 1.807) is 14.2 Å². The fraction of sp³-hybridized carbons (Fsp3) is 0.524.